The van der Waals surface area contributed by atoms with E-state index in [2.05, 4.69) is 0 Å². The number of rotatable bonds is 5. The van der Waals surface area contributed by atoms with Crippen LogP contribution in [0.5, 0.6) is 5.75 Å². The molecule has 2 atom stereocenters. The molecule has 0 spiro atoms. The summed E-state index contributed by atoms with van der Waals surface area (Å²) in [6, 6.07) is 7.43. The van der Waals surface area contributed by atoms with Crippen molar-refractivity contribution in [2.24, 2.45) is 5.92 Å². The Bertz CT molecular complexity index is 552. The molecule has 1 fully saturated rings. The molecule has 5 nitrogen and oxygen atoms in total. The highest BCUT2D eigenvalue weighted by atomic mass is 16.5. The summed E-state index contributed by atoms with van der Waals surface area (Å²) in [4.78, 5) is 28.6. The number of methoxy groups -OCH3 is 1. The zero-order chi connectivity index (χ0) is 17.0. The Hall–Kier alpha value is -2.04. The van der Waals surface area contributed by atoms with Gasteiger partial charge in [-0.2, -0.15) is 0 Å². The molecule has 0 aromatic heterocycles. The van der Waals surface area contributed by atoms with Crippen molar-refractivity contribution in [1.82, 2.24) is 9.80 Å². The maximum Gasteiger partial charge on any atom is 0.228 e. The molecule has 1 aliphatic rings. The Morgan fingerprint density at radius 2 is 1.87 bits per heavy atom. The van der Waals surface area contributed by atoms with Gasteiger partial charge in [0.05, 0.1) is 19.1 Å². The number of benzene rings is 1. The van der Waals surface area contributed by atoms with E-state index in [0.717, 1.165) is 11.3 Å². The molecule has 0 aliphatic carbocycles. The summed E-state index contributed by atoms with van der Waals surface area (Å²) >= 11 is 0. The monoisotopic (exact) mass is 318 g/mol. The Morgan fingerprint density at radius 1 is 1.26 bits per heavy atom. The van der Waals surface area contributed by atoms with Crippen LogP contribution in [0.2, 0.25) is 0 Å². The normalized spacial score (nSPS) is 21.2. The highest BCUT2D eigenvalue weighted by molar-refractivity contribution is 5.85. The van der Waals surface area contributed by atoms with Crippen LogP contribution in [0, 0.1) is 5.92 Å². The number of hydrogen-bond acceptors (Lipinski definition) is 3. The van der Waals surface area contributed by atoms with Crippen LogP contribution < -0.4 is 4.74 Å². The van der Waals surface area contributed by atoms with Gasteiger partial charge < -0.3 is 14.5 Å². The number of nitrogens with zero attached hydrogens (tertiary/aromatic N) is 2. The Balaban J connectivity index is 2.34. The third-order valence-electron chi connectivity index (χ3n) is 4.71. The van der Waals surface area contributed by atoms with Gasteiger partial charge in [0.1, 0.15) is 5.75 Å². The lowest BCUT2D eigenvalue weighted by atomic mass is 9.83. The molecule has 1 aromatic carbocycles. The van der Waals surface area contributed by atoms with Gasteiger partial charge in [-0.1, -0.05) is 12.1 Å². The van der Waals surface area contributed by atoms with Gasteiger partial charge >= 0.3 is 0 Å². The van der Waals surface area contributed by atoms with Crippen molar-refractivity contribution in [1.29, 1.82) is 0 Å². The van der Waals surface area contributed by atoms with E-state index in [1.165, 1.54) is 0 Å². The Kier molecular flexibility index (Phi) is 5.64. The van der Waals surface area contributed by atoms with Gasteiger partial charge in [-0.3, -0.25) is 9.59 Å². The van der Waals surface area contributed by atoms with Crippen molar-refractivity contribution in [3.63, 3.8) is 0 Å². The van der Waals surface area contributed by atoms with Crippen LogP contribution in [0.3, 0.4) is 0 Å². The minimum Gasteiger partial charge on any atom is -0.497 e. The van der Waals surface area contributed by atoms with E-state index < -0.39 is 0 Å². The average molecular weight is 318 g/mol. The van der Waals surface area contributed by atoms with Gasteiger partial charge in [0.25, 0.3) is 0 Å². The molecular formula is C18H26N2O3. The number of carbonyl (C=O) groups is 2. The fourth-order valence-electron chi connectivity index (χ4n) is 3.32. The van der Waals surface area contributed by atoms with E-state index in [0.29, 0.717) is 25.9 Å². The first-order chi connectivity index (χ1) is 11.0. The summed E-state index contributed by atoms with van der Waals surface area (Å²) in [5, 5.41) is 0. The molecule has 23 heavy (non-hydrogen) atoms. The molecule has 5 heteroatoms. The molecule has 2 amide bonds. The van der Waals surface area contributed by atoms with Crippen molar-refractivity contribution >= 4 is 11.8 Å². The Labute approximate surface area is 138 Å². The van der Waals surface area contributed by atoms with Crippen LogP contribution in [0.25, 0.3) is 0 Å². The molecule has 0 bridgehead atoms. The van der Waals surface area contributed by atoms with E-state index >= 15 is 0 Å². The van der Waals surface area contributed by atoms with Crippen molar-refractivity contribution in [3.8, 4) is 5.75 Å². The second kappa shape index (κ2) is 7.49. The van der Waals surface area contributed by atoms with Crippen LogP contribution in [-0.4, -0.2) is 48.9 Å². The van der Waals surface area contributed by atoms with Crippen LogP contribution in [0.4, 0.5) is 0 Å². The SMILES string of the molecule is CCN(CC)C(=O)[C@@H]1CCC(=O)N(C)[C@@H]1c1ccc(OC)cc1. The third-order valence-corrected chi connectivity index (χ3v) is 4.71. The summed E-state index contributed by atoms with van der Waals surface area (Å²) in [6.45, 7) is 5.36. The minimum atomic E-state index is -0.213. The molecule has 0 radical (unpaired) electrons. The van der Waals surface area contributed by atoms with Crippen molar-refractivity contribution < 1.29 is 14.3 Å². The predicted octanol–water partition coefficient (Wildman–Crippen LogP) is 2.47. The largest absolute Gasteiger partial charge is 0.497 e. The molecule has 1 heterocycles. The van der Waals surface area contributed by atoms with Crippen LogP contribution in [0.15, 0.2) is 24.3 Å². The number of carbonyl (C=O) groups excluding carboxylic acids is 2. The standard InChI is InChI=1S/C18H26N2O3/c1-5-20(6-2)18(22)15-11-12-16(21)19(3)17(15)13-7-9-14(23-4)10-8-13/h7-10,15,17H,5-6,11-12H2,1-4H3/t15-,17-/m1/s1. The highest BCUT2D eigenvalue weighted by Gasteiger charge is 2.40. The highest BCUT2D eigenvalue weighted by Crippen LogP contribution is 2.37. The fraction of sp³-hybridized carbons (Fsp3) is 0.556. The maximum absolute atomic E-state index is 12.9. The molecule has 0 saturated carbocycles. The van der Waals surface area contributed by atoms with Crippen molar-refractivity contribution in [2.45, 2.75) is 32.7 Å². The quantitative estimate of drug-likeness (QED) is 0.838. The van der Waals surface area contributed by atoms with E-state index in [4.69, 9.17) is 4.74 Å². The summed E-state index contributed by atoms with van der Waals surface area (Å²) in [5.41, 5.74) is 0.979. The van der Waals surface area contributed by atoms with Gasteiger partial charge in [-0.05, 0) is 38.0 Å². The number of hydrogen-bond donors (Lipinski definition) is 0. The fourth-order valence-corrected chi connectivity index (χ4v) is 3.32. The van der Waals surface area contributed by atoms with Gasteiger partial charge in [0.2, 0.25) is 11.8 Å². The van der Waals surface area contributed by atoms with Gasteiger partial charge in [0.15, 0.2) is 0 Å². The second-order valence-electron chi connectivity index (χ2n) is 5.88. The zero-order valence-electron chi connectivity index (χ0n) is 14.4. The molecular weight excluding hydrogens is 292 g/mol. The lowest BCUT2D eigenvalue weighted by Gasteiger charge is -2.40. The number of piperidine rings is 1. The smallest absolute Gasteiger partial charge is 0.228 e. The van der Waals surface area contributed by atoms with E-state index in [-0.39, 0.29) is 23.8 Å². The van der Waals surface area contributed by atoms with Gasteiger partial charge in [-0.15, -0.1) is 0 Å². The summed E-state index contributed by atoms with van der Waals surface area (Å²) < 4.78 is 5.20. The first kappa shape index (κ1) is 17.3. The van der Waals surface area contributed by atoms with Crippen molar-refractivity contribution in [3.05, 3.63) is 29.8 Å². The predicted molar refractivity (Wildman–Crippen MR) is 89.2 cm³/mol. The molecule has 1 aromatic rings. The van der Waals surface area contributed by atoms with E-state index in [9.17, 15) is 9.59 Å². The molecule has 126 valence electrons. The lowest BCUT2D eigenvalue weighted by molar-refractivity contribution is -0.146. The van der Waals surface area contributed by atoms with Gasteiger partial charge in [0, 0.05) is 26.6 Å². The molecule has 1 saturated heterocycles. The van der Waals surface area contributed by atoms with Crippen LogP contribution in [0.1, 0.15) is 38.3 Å². The lowest BCUT2D eigenvalue weighted by Crippen LogP contribution is -2.47. The van der Waals surface area contributed by atoms with Crippen LogP contribution in [-0.2, 0) is 9.59 Å². The van der Waals surface area contributed by atoms with Crippen molar-refractivity contribution in [2.75, 3.05) is 27.2 Å². The number of ether oxygens (including phenoxy) is 1. The second-order valence-corrected chi connectivity index (χ2v) is 5.88. The summed E-state index contributed by atoms with van der Waals surface area (Å²) in [5.74, 6) is 0.806. The first-order valence-corrected chi connectivity index (χ1v) is 8.21. The van der Waals surface area contributed by atoms with Gasteiger partial charge in [-0.25, -0.2) is 0 Å². The molecule has 0 N–H and O–H groups in total. The first-order valence-electron chi connectivity index (χ1n) is 8.21. The average Bonchev–Trinajstić information content (AvgIpc) is 2.58. The molecule has 2 rings (SSSR count). The molecule has 0 unspecified atom stereocenters. The van der Waals surface area contributed by atoms with E-state index in [1.807, 2.05) is 43.0 Å². The van der Waals surface area contributed by atoms with Crippen LogP contribution >= 0.6 is 0 Å². The van der Waals surface area contributed by atoms with E-state index in [1.54, 1.807) is 19.1 Å². The minimum absolute atomic E-state index is 0.0921. The third kappa shape index (κ3) is 3.49. The zero-order valence-corrected chi connectivity index (χ0v) is 14.4. The molecule has 1 aliphatic heterocycles. The topological polar surface area (TPSA) is 49.9 Å². The summed E-state index contributed by atoms with van der Waals surface area (Å²) in [7, 11) is 3.41. The maximum atomic E-state index is 12.9. The Morgan fingerprint density at radius 3 is 2.39 bits per heavy atom. The number of likely N-dealkylation sites (tertiary alicyclic amines) is 1. The summed E-state index contributed by atoms with van der Waals surface area (Å²) in [6.07, 6.45) is 1.04. The number of amides is 2.